The van der Waals surface area contributed by atoms with Crippen LogP contribution in [-0.2, 0) is 15.7 Å². The summed E-state index contributed by atoms with van der Waals surface area (Å²) in [5, 5.41) is 5.77. The van der Waals surface area contributed by atoms with Gasteiger partial charge in [0.25, 0.3) is 5.91 Å². The van der Waals surface area contributed by atoms with Gasteiger partial charge in [-0.1, -0.05) is 12.1 Å². The fraction of sp³-hybridized carbons (Fsp3) is 0.261. The molecule has 2 N–H and O–H groups in total. The molecule has 0 fully saturated rings. The summed E-state index contributed by atoms with van der Waals surface area (Å²) in [6.45, 7) is 2.02. The molecule has 1 aromatic carbocycles. The van der Waals surface area contributed by atoms with E-state index in [-0.39, 0.29) is 24.9 Å². The number of carbonyl (C=O) groups is 2. The molecule has 3 rings (SSSR count). The number of methoxy groups -OCH3 is 1. The van der Waals surface area contributed by atoms with Crippen molar-refractivity contribution in [3.05, 3.63) is 71.7 Å². The summed E-state index contributed by atoms with van der Waals surface area (Å²) in [7, 11) is 1.28. The van der Waals surface area contributed by atoms with Crippen molar-refractivity contribution in [3.63, 3.8) is 0 Å². The first-order valence-corrected chi connectivity index (χ1v) is 10.2. The molecule has 1 amide bonds. The first-order chi connectivity index (χ1) is 16.2. The zero-order valence-corrected chi connectivity index (χ0v) is 18.4. The molecule has 0 aliphatic rings. The summed E-state index contributed by atoms with van der Waals surface area (Å²) in [4.78, 5) is 35.9. The number of ether oxygens (including phenoxy) is 1. The maximum Gasteiger partial charge on any atom is 0.416 e. The number of hydrogen-bond donors (Lipinski definition) is 2. The molecule has 1 unspecified atom stereocenters. The number of aromatic nitrogens is 3. The molecule has 1 atom stereocenters. The predicted molar refractivity (Wildman–Crippen MR) is 118 cm³/mol. The maximum absolute atomic E-state index is 12.7. The van der Waals surface area contributed by atoms with Crippen LogP contribution in [0.2, 0.25) is 0 Å². The van der Waals surface area contributed by atoms with Crippen molar-refractivity contribution in [2.45, 2.75) is 25.6 Å². The van der Waals surface area contributed by atoms with Crippen LogP contribution in [0.25, 0.3) is 11.4 Å². The molecule has 0 saturated heterocycles. The minimum atomic E-state index is -4.40. The highest BCUT2D eigenvalue weighted by molar-refractivity contribution is 5.94. The average Bonchev–Trinajstić information content (AvgIpc) is 2.84. The number of benzene rings is 1. The second kappa shape index (κ2) is 10.7. The van der Waals surface area contributed by atoms with Crippen LogP contribution in [0.1, 0.15) is 40.9 Å². The summed E-state index contributed by atoms with van der Waals surface area (Å²) in [6.07, 6.45) is 0.256. The number of halogens is 3. The highest BCUT2D eigenvalue weighted by Gasteiger charge is 2.30. The van der Waals surface area contributed by atoms with E-state index < -0.39 is 17.7 Å². The zero-order valence-electron chi connectivity index (χ0n) is 18.4. The van der Waals surface area contributed by atoms with E-state index in [0.29, 0.717) is 22.8 Å². The van der Waals surface area contributed by atoms with E-state index in [1.54, 1.807) is 24.5 Å². The Hall–Kier alpha value is -4.02. The van der Waals surface area contributed by atoms with Crippen LogP contribution < -0.4 is 10.6 Å². The number of nitrogens with one attached hydrogen (secondary N) is 2. The summed E-state index contributed by atoms with van der Waals surface area (Å²) in [5.41, 5.74) is 0.819. The van der Waals surface area contributed by atoms with E-state index in [0.717, 1.165) is 17.7 Å². The Morgan fingerprint density at radius 2 is 1.68 bits per heavy atom. The Morgan fingerprint density at radius 3 is 2.24 bits per heavy atom. The van der Waals surface area contributed by atoms with Gasteiger partial charge in [-0.25, -0.2) is 15.0 Å². The van der Waals surface area contributed by atoms with Crippen LogP contribution in [-0.4, -0.2) is 40.5 Å². The van der Waals surface area contributed by atoms with Crippen molar-refractivity contribution < 1.29 is 27.5 Å². The van der Waals surface area contributed by atoms with Crippen molar-refractivity contribution in [2.75, 3.05) is 19.0 Å². The SMILES string of the molecule is COC(=O)CCNC(=O)c1ccc(NC(C)c2cnc(-c3ccc(C(F)(F)F)cc3)nc2)nc1. The van der Waals surface area contributed by atoms with Gasteiger partial charge in [0, 0.05) is 36.3 Å². The summed E-state index contributed by atoms with van der Waals surface area (Å²) in [5.74, 6) is 0.0578. The van der Waals surface area contributed by atoms with Crippen LogP contribution >= 0.6 is 0 Å². The molecule has 34 heavy (non-hydrogen) atoms. The lowest BCUT2D eigenvalue weighted by Crippen LogP contribution is -2.26. The lowest BCUT2D eigenvalue weighted by molar-refractivity contribution is -0.140. The van der Waals surface area contributed by atoms with Gasteiger partial charge in [0.1, 0.15) is 5.82 Å². The van der Waals surface area contributed by atoms with Crippen molar-refractivity contribution in [1.29, 1.82) is 0 Å². The molecule has 0 radical (unpaired) electrons. The standard InChI is InChI=1S/C23H22F3N5O3/c1-14(31-19-8-5-16(11-28-19)22(33)27-10-9-20(32)34-2)17-12-29-21(30-13-17)15-3-6-18(7-4-15)23(24,25)26/h3-8,11-14H,9-10H2,1-2H3,(H,27,33)(H,28,31). The molecule has 0 aliphatic carbocycles. The van der Waals surface area contributed by atoms with E-state index in [9.17, 15) is 22.8 Å². The second-order valence-electron chi connectivity index (χ2n) is 7.30. The van der Waals surface area contributed by atoms with Gasteiger partial charge < -0.3 is 15.4 Å². The van der Waals surface area contributed by atoms with E-state index in [2.05, 4.69) is 30.3 Å². The zero-order chi connectivity index (χ0) is 24.7. The summed E-state index contributed by atoms with van der Waals surface area (Å²) in [6, 6.07) is 7.65. The van der Waals surface area contributed by atoms with E-state index in [1.165, 1.54) is 25.4 Å². The number of hydrogen-bond acceptors (Lipinski definition) is 7. The minimum absolute atomic E-state index is 0.0759. The van der Waals surface area contributed by atoms with Crippen LogP contribution in [0.3, 0.4) is 0 Å². The van der Waals surface area contributed by atoms with Gasteiger partial charge in [-0.2, -0.15) is 13.2 Å². The number of esters is 1. The Balaban J connectivity index is 1.57. The monoisotopic (exact) mass is 473 g/mol. The number of anilines is 1. The number of alkyl halides is 3. The highest BCUT2D eigenvalue weighted by Crippen LogP contribution is 2.30. The topological polar surface area (TPSA) is 106 Å². The van der Waals surface area contributed by atoms with Crippen molar-refractivity contribution >= 4 is 17.7 Å². The van der Waals surface area contributed by atoms with Crippen molar-refractivity contribution in [1.82, 2.24) is 20.3 Å². The van der Waals surface area contributed by atoms with Crippen LogP contribution in [0.4, 0.5) is 19.0 Å². The van der Waals surface area contributed by atoms with Crippen molar-refractivity contribution in [3.8, 4) is 11.4 Å². The first-order valence-electron chi connectivity index (χ1n) is 10.2. The average molecular weight is 473 g/mol. The van der Waals surface area contributed by atoms with Gasteiger partial charge in [0.05, 0.1) is 30.7 Å². The quantitative estimate of drug-likeness (QED) is 0.476. The van der Waals surface area contributed by atoms with Gasteiger partial charge in [-0.05, 0) is 31.2 Å². The third-order valence-corrected chi connectivity index (χ3v) is 4.87. The lowest BCUT2D eigenvalue weighted by atomic mass is 10.1. The number of amides is 1. The fourth-order valence-electron chi connectivity index (χ4n) is 2.92. The summed E-state index contributed by atoms with van der Waals surface area (Å²) >= 11 is 0. The molecule has 8 nitrogen and oxygen atoms in total. The molecule has 178 valence electrons. The molecule has 2 aromatic heterocycles. The Bertz CT molecular complexity index is 1120. The molecule has 11 heteroatoms. The number of rotatable bonds is 8. The normalized spacial score (nSPS) is 12.0. The molecule has 0 spiro atoms. The molecule has 0 saturated carbocycles. The Labute approximate surface area is 193 Å². The number of pyridine rings is 1. The van der Waals surface area contributed by atoms with Crippen LogP contribution in [0.15, 0.2) is 55.0 Å². The van der Waals surface area contributed by atoms with Crippen LogP contribution in [0.5, 0.6) is 0 Å². The predicted octanol–water partition coefficient (Wildman–Crippen LogP) is 4.02. The fourth-order valence-corrected chi connectivity index (χ4v) is 2.92. The number of carbonyl (C=O) groups excluding carboxylic acids is 2. The third-order valence-electron chi connectivity index (χ3n) is 4.87. The number of nitrogens with zero attached hydrogens (tertiary/aromatic N) is 3. The first kappa shape index (κ1) is 24.6. The van der Waals surface area contributed by atoms with Crippen LogP contribution in [0, 0.1) is 0 Å². The molecule has 0 bridgehead atoms. The van der Waals surface area contributed by atoms with Gasteiger partial charge in [-0.3, -0.25) is 9.59 Å². The van der Waals surface area contributed by atoms with E-state index in [1.807, 2.05) is 6.92 Å². The van der Waals surface area contributed by atoms with Gasteiger partial charge in [0.2, 0.25) is 0 Å². The highest BCUT2D eigenvalue weighted by atomic mass is 19.4. The Kier molecular flexibility index (Phi) is 7.77. The van der Waals surface area contributed by atoms with E-state index >= 15 is 0 Å². The molecular weight excluding hydrogens is 451 g/mol. The summed E-state index contributed by atoms with van der Waals surface area (Å²) < 4.78 is 42.7. The van der Waals surface area contributed by atoms with E-state index in [4.69, 9.17) is 0 Å². The smallest absolute Gasteiger partial charge is 0.416 e. The third kappa shape index (κ3) is 6.50. The molecule has 3 aromatic rings. The molecule has 0 aliphatic heterocycles. The Morgan fingerprint density at radius 1 is 1.00 bits per heavy atom. The molecular formula is C23H22F3N5O3. The van der Waals surface area contributed by atoms with Gasteiger partial charge >= 0.3 is 12.1 Å². The second-order valence-corrected chi connectivity index (χ2v) is 7.30. The maximum atomic E-state index is 12.7. The molecule has 2 heterocycles. The largest absolute Gasteiger partial charge is 0.469 e. The lowest BCUT2D eigenvalue weighted by Gasteiger charge is -2.15. The van der Waals surface area contributed by atoms with Gasteiger partial charge in [0.15, 0.2) is 5.82 Å². The van der Waals surface area contributed by atoms with Gasteiger partial charge in [-0.15, -0.1) is 0 Å². The van der Waals surface area contributed by atoms with Crippen molar-refractivity contribution in [2.24, 2.45) is 0 Å². The minimum Gasteiger partial charge on any atom is -0.469 e.